The van der Waals surface area contributed by atoms with E-state index in [0.717, 1.165) is 22.4 Å². The van der Waals surface area contributed by atoms with Crippen molar-refractivity contribution in [2.45, 2.75) is 26.8 Å². The van der Waals surface area contributed by atoms with Gasteiger partial charge in [0.05, 0.1) is 5.69 Å². The van der Waals surface area contributed by atoms with Gasteiger partial charge in [0, 0.05) is 24.2 Å². The monoisotopic (exact) mass is 426 g/mol. The average Bonchev–Trinajstić information content (AvgIpc) is 2.72. The third-order valence-corrected chi connectivity index (χ3v) is 4.48. The van der Waals surface area contributed by atoms with Gasteiger partial charge in [-0.25, -0.2) is 13.5 Å². The Bertz CT molecular complexity index is 1190. The highest BCUT2D eigenvalue weighted by molar-refractivity contribution is 5.91. The van der Waals surface area contributed by atoms with E-state index in [2.05, 4.69) is 15.7 Å². The van der Waals surface area contributed by atoms with Crippen molar-refractivity contribution in [2.75, 3.05) is 10.6 Å². The summed E-state index contributed by atoms with van der Waals surface area (Å²) in [5.74, 6) is -2.88. The summed E-state index contributed by atoms with van der Waals surface area (Å²) in [6, 6.07) is 11.3. The van der Waals surface area contributed by atoms with Crippen LogP contribution < -0.4 is 16.2 Å². The van der Waals surface area contributed by atoms with Gasteiger partial charge in [0.25, 0.3) is 5.56 Å². The molecule has 0 atom stereocenters. The third-order valence-electron chi connectivity index (χ3n) is 4.48. The lowest BCUT2D eigenvalue weighted by atomic mass is 10.0. The first-order valence-electron chi connectivity index (χ1n) is 9.51. The predicted octanol–water partition coefficient (Wildman–Crippen LogP) is 3.35. The third kappa shape index (κ3) is 5.19. The number of carbonyl (C=O) groups excluding carboxylic acids is 2. The van der Waals surface area contributed by atoms with Gasteiger partial charge in [-0.15, -0.1) is 0 Å². The van der Waals surface area contributed by atoms with E-state index in [1.54, 1.807) is 12.1 Å². The molecule has 0 saturated heterocycles. The standard InChI is InChI=1S/C22H20F2N4O3/c1-3-14-7-8-15(11-19(14)25-13(2)29)18-9-10-21(31)28(27-18)12-20(30)26-22-16(23)5-4-6-17(22)24/h4-11H,3,12H2,1-2H3,(H,25,29)(H,26,30). The molecule has 0 aliphatic heterocycles. The Kier molecular flexibility index (Phi) is 6.54. The molecule has 0 fully saturated rings. The molecule has 2 N–H and O–H groups in total. The van der Waals surface area contributed by atoms with Crippen LogP contribution in [0.5, 0.6) is 0 Å². The van der Waals surface area contributed by atoms with Crippen LogP contribution in [0.4, 0.5) is 20.2 Å². The Hall–Kier alpha value is -3.88. The summed E-state index contributed by atoms with van der Waals surface area (Å²) >= 11 is 0. The number of aryl methyl sites for hydroxylation is 1. The highest BCUT2D eigenvalue weighted by Crippen LogP contribution is 2.24. The van der Waals surface area contributed by atoms with Crippen LogP contribution in [0.25, 0.3) is 11.3 Å². The molecule has 0 aliphatic carbocycles. The van der Waals surface area contributed by atoms with Crippen LogP contribution >= 0.6 is 0 Å². The smallest absolute Gasteiger partial charge is 0.267 e. The van der Waals surface area contributed by atoms with Crippen molar-refractivity contribution < 1.29 is 18.4 Å². The van der Waals surface area contributed by atoms with E-state index in [0.29, 0.717) is 23.4 Å². The zero-order valence-corrected chi connectivity index (χ0v) is 16.9. The first kappa shape index (κ1) is 21.8. The molecule has 0 radical (unpaired) electrons. The molecule has 1 heterocycles. The van der Waals surface area contributed by atoms with Gasteiger partial charge in [-0.05, 0) is 36.2 Å². The summed E-state index contributed by atoms with van der Waals surface area (Å²) < 4.78 is 28.4. The lowest BCUT2D eigenvalue weighted by molar-refractivity contribution is -0.117. The fraction of sp³-hybridized carbons (Fsp3) is 0.182. The van der Waals surface area contributed by atoms with Crippen LogP contribution in [-0.2, 0) is 22.6 Å². The summed E-state index contributed by atoms with van der Waals surface area (Å²) in [7, 11) is 0. The SMILES string of the molecule is CCc1ccc(-c2ccc(=O)n(CC(=O)Nc3c(F)cccc3F)n2)cc1NC(C)=O. The minimum Gasteiger partial charge on any atom is -0.326 e. The lowest BCUT2D eigenvalue weighted by Gasteiger charge is -2.12. The molecule has 0 aliphatic rings. The van der Waals surface area contributed by atoms with Gasteiger partial charge < -0.3 is 10.6 Å². The number of halogens is 2. The van der Waals surface area contributed by atoms with Crippen molar-refractivity contribution in [1.29, 1.82) is 0 Å². The molecule has 3 rings (SSSR count). The van der Waals surface area contributed by atoms with Crippen LogP contribution in [-0.4, -0.2) is 21.6 Å². The number of amides is 2. The highest BCUT2D eigenvalue weighted by Gasteiger charge is 2.14. The predicted molar refractivity (Wildman–Crippen MR) is 113 cm³/mol. The molecule has 2 amide bonds. The summed E-state index contributed by atoms with van der Waals surface area (Å²) in [5.41, 5.74) is 1.42. The van der Waals surface area contributed by atoms with Gasteiger partial charge in [0.1, 0.15) is 23.9 Å². The Morgan fingerprint density at radius 2 is 1.74 bits per heavy atom. The van der Waals surface area contributed by atoms with Crippen LogP contribution in [0.3, 0.4) is 0 Å². The lowest BCUT2D eigenvalue weighted by Crippen LogP contribution is -2.29. The van der Waals surface area contributed by atoms with Gasteiger partial charge in [-0.3, -0.25) is 14.4 Å². The number of rotatable bonds is 6. The summed E-state index contributed by atoms with van der Waals surface area (Å²) in [6.07, 6.45) is 0.704. The molecular weight excluding hydrogens is 406 g/mol. The molecular formula is C22H20F2N4O3. The van der Waals surface area contributed by atoms with E-state index in [4.69, 9.17) is 0 Å². The quantitative estimate of drug-likeness (QED) is 0.632. The molecule has 31 heavy (non-hydrogen) atoms. The van der Waals surface area contributed by atoms with Gasteiger partial charge >= 0.3 is 0 Å². The number of nitrogens with zero attached hydrogens (tertiary/aromatic N) is 2. The Morgan fingerprint density at radius 3 is 2.39 bits per heavy atom. The van der Waals surface area contributed by atoms with Gasteiger partial charge in [-0.2, -0.15) is 5.10 Å². The van der Waals surface area contributed by atoms with Gasteiger partial charge in [0.15, 0.2) is 0 Å². The number of aromatic nitrogens is 2. The second-order valence-corrected chi connectivity index (χ2v) is 6.77. The number of carbonyl (C=O) groups is 2. The summed E-state index contributed by atoms with van der Waals surface area (Å²) in [5, 5.41) is 9.07. The van der Waals surface area contributed by atoms with Crippen molar-refractivity contribution in [3.63, 3.8) is 0 Å². The Labute approximate surface area is 176 Å². The van der Waals surface area contributed by atoms with Gasteiger partial charge in [-0.1, -0.05) is 25.1 Å². The molecule has 0 saturated carbocycles. The second kappa shape index (κ2) is 9.29. The number of hydrogen-bond donors (Lipinski definition) is 2. The minimum absolute atomic E-state index is 0.221. The van der Waals surface area contributed by atoms with E-state index in [-0.39, 0.29) is 5.91 Å². The zero-order chi connectivity index (χ0) is 22.5. The van der Waals surface area contributed by atoms with Crippen molar-refractivity contribution in [3.8, 4) is 11.3 Å². The van der Waals surface area contributed by atoms with E-state index in [1.807, 2.05) is 13.0 Å². The Morgan fingerprint density at radius 1 is 1.03 bits per heavy atom. The number of para-hydroxylation sites is 1. The zero-order valence-electron chi connectivity index (χ0n) is 16.9. The highest BCUT2D eigenvalue weighted by atomic mass is 19.1. The number of hydrogen-bond acceptors (Lipinski definition) is 4. The van der Waals surface area contributed by atoms with Crippen LogP contribution in [0.15, 0.2) is 53.3 Å². The van der Waals surface area contributed by atoms with E-state index >= 15 is 0 Å². The topological polar surface area (TPSA) is 93.1 Å². The molecule has 0 bridgehead atoms. The van der Waals surface area contributed by atoms with E-state index in [1.165, 1.54) is 25.1 Å². The van der Waals surface area contributed by atoms with Crippen LogP contribution in [0, 0.1) is 11.6 Å². The van der Waals surface area contributed by atoms with E-state index in [9.17, 15) is 23.2 Å². The number of nitrogens with one attached hydrogen (secondary N) is 2. The van der Waals surface area contributed by atoms with Crippen molar-refractivity contribution in [3.05, 3.63) is 76.1 Å². The minimum atomic E-state index is -0.927. The molecule has 1 aromatic heterocycles. The maximum absolute atomic E-state index is 13.7. The fourth-order valence-corrected chi connectivity index (χ4v) is 3.00. The van der Waals surface area contributed by atoms with Gasteiger partial charge in [0.2, 0.25) is 11.8 Å². The summed E-state index contributed by atoms with van der Waals surface area (Å²) in [6.45, 7) is 2.82. The number of anilines is 2. The first-order chi connectivity index (χ1) is 14.8. The molecule has 7 nitrogen and oxygen atoms in total. The molecule has 0 unspecified atom stereocenters. The Balaban J connectivity index is 1.88. The first-order valence-corrected chi connectivity index (χ1v) is 9.51. The van der Waals surface area contributed by atoms with Crippen molar-refractivity contribution >= 4 is 23.2 Å². The van der Waals surface area contributed by atoms with Crippen molar-refractivity contribution in [1.82, 2.24) is 9.78 Å². The summed E-state index contributed by atoms with van der Waals surface area (Å²) in [4.78, 5) is 35.9. The normalized spacial score (nSPS) is 10.6. The molecule has 2 aromatic carbocycles. The fourth-order valence-electron chi connectivity index (χ4n) is 3.00. The van der Waals surface area contributed by atoms with Crippen molar-refractivity contribution in [2.24, 2.45) is 0 Å². The molecule has 0 spiro atoms. The molecule has 9 heteroatoms. The molecule has 160 valence electrons. The maximum atomic E-state index is 13.7. The van der Waals surface area contributed by atoms with Crippen LogP contribution in [0.2, 0.25) is 0 Å². The average molecular weight is 426 g/mol. The number of benzene rings is 2. The largest absolute Gasteiger partial charge is 0.326 e. The van der Waals surface area contributed by atoms with E-state index < -0.39 is 35.3 Å². The van der Waals surface area contributed by atoms with Crippen LogP contribution in [0.1, 0.15) is 19.4 Å². The molecule has 3 aromatic rings. The second-order valence-electron chi connectivity index (χ2n) is 6.77. The maximum Gasteiger partial charge on any atom is 0.267 e.